The molecule has 1 aromatic heterocycles. The first-order valence-corrected chi connectivity index (χ1v) is 13.7. The summed E-state index contributed by atoms with van der Waals surface area (Å²) in [5, 5.41) is 14.6. The van der Waals surface area contributed by atoms with E-state index in [1.54, 1.807) is 0 Å². The van der Waals surface area contributed by atoms with E-state index in [9.17, 15) is 9.59 Å². The molecule has 2 N–H and O–H groups in total. The number of carbonyl (C=O) groups excluding carboxylic acids is 2. The zero-order valence-corrected chi connectivity index (χ0v) is 19.4. The maximum absolute atomic E-state index is 12.2. The summed E-state index contributed by atoms with van der Waals surface area (Å²) in [4.78, 5) is 24.4. The van der Waals surface area contributed by atoms with Gasteiger partial charge in [0, 0.05) is 12.1 Å². The highest BCUT2D eigenvalue weighted by Crippen LogP contribution is 2.29. The standard InChI is InChI=1S/C20H32N4O2S3/c25-17(21-15-9-5-1-2-6-10-15)13-27-19-23-24-20(29-19)28-14-18(26)22-16-11-7-3-4-8-12-16/h15-16H,1-14H2,(H,21,25)(H,22,26). The van der Waals surface area contributed by atoms with Gasteiger partial charge >= 0.3 is 0 Å². The maximum atomic E-state index is 12.2. The fourth-order valence-corrected chi connectivity index (χ4v) is 6.60. The number of hydrogen-bond acceptors (Lipinski definition) is 7. The van der Waals surface area contributed by atoms with E-state index in [4.69, 9.17) is 0 Å². The molecule has 0 radical (unpaired) electrons. The number of hydrogen-bond donors (Lipinski definition) is 2. The Morgan fingerprint density at radius 3 is 1.48 bits per heavy atom. The van der Waals surface area contributed by atoms with Crippen LogP contribution in [0.15, 0.2) is 8.68 Å². The molecule has 0 unspecified atom stereocenters. The Morgan fingerprint density at radius 2 is 1.10 bits per heavy atom. The SMILES string of the molecule is O=C(CSc1nnc(SCC(=O)NC2CCCCCC2)s1)NC1CCCCCC1. The second-order valence-electron chi connectivity index (χ2n) is 7.92. The molecule has 0 atom stereocenters. The molecule has 9 heteroatoms. The quantitative estimate of drug-likeness (QED) is 0.445. The van der Waals surface area contributed by atoms with Crippen molar-refractivity contribution in [3.8, 4) is 0 Å². The summed E-state index contributed by atoms with van der Waals surface area (Å²) in [6.07, 6.45) is 14.4. The second-order valence-corrected chi connectivity index (χ2v) is 11.3. The summed E-state index contributed by atoms with van der Waals surface area (Å²) in [6, 6.07) is 0.663. The van der Waals surface area contributed by atoms with Crippen LogP contribution in [0, 0.1) is 0 Å². The van der Waals surface area contributed by atoms with Crippen molar-refractivity contribution in [3.05, 3.63) is 0 Å². The van der Waals surface area contributed by atoms with Gasteiger partial charge in [-0.05, 0) is 25.7 Å². The topological polar surface area (TPSA) is 84.0 Å². The summed E-state index contributed by atoms with van der Waals surface area (Å²) in [5.41, 5.74) is 0. The normalized spacial score (nSPS) is 19.3. The van der Waals surface area contributed by atoms with E-state index in [1.807, 2.05) is 0 Å². The molecule has 3 rings (SSSR count). The molecule has 2 fully saturated rings. The Morgan fingerprint density at radius 1 is 0.724 bits per heavy atom. The van der Waals surface area contributed by atoms with Crippen molar-refractivity contribution >= 4 is 46.7 Å². The number of thioether (sulfide) groups is 2. The Hall–Kier alpha value is -0.800. The number of amides is 2. The van der Waals surface area contributed by atoms with Crippen LogP contribution in [0.1, 0.15) is 77.0 Å². The van der Waals surface area contributed by atoms with Gasteiger partial charge in [0.15, 0.2) is 8.68 Å². The lowest BCUT2D eigenvalue weighted by molar-refractivity contribution is -0.120. The fourth-order valence-electron chi connectivity index (χ4n) is 3.95. The Labute approximate surface area is 186 Å². The van der Waals surface area contributed by atoms with Crippen molar-refractivity contribution in [1.82, 2.24) is 20.8 Å². The molecule has 0 spiro atoms. The first kappa shape index (κ1) is 22.9. The highest BCUT2D eigenvalue weighted by Gasteiger charge is 2.17. The van der Waals surface area contributed by atoms with Crippen LogP contribution >= 0.6 is 34.9 Å². The summed E-state index contributed by atoms with van der Waals surface area (Å²) in [7, 11) is 0. The highest BCUT2D eigenvalue weighted by atomic mass is 32.2. The fraction of sp³-hybridized carbons (Fsp3) is 0.800. The first-order valence-electron chi connectivity index (χ1n) is 10.9. The van der Waals surface area contributed by atoms with Gasteiger partial charge < -0.3 is 10.6 Å². The molecule has 0 saturated heterocycles. The largest absolute Gasteiger partial charge is 0.353 e. The molecule has 29 heavy (non-hydrogen) atoms. The number of aromatic nitrogens is 2. The highest BCUT2D eigenvalue weighted by molar-refractivity contribution is 8.03. The van der Waals surface area contributed by atoms with Crippen LogP contribution in [-0.2, 0) is 9.59 Å². The molecule has 0 aromatic carbocycles. The third-order valence-corrected chi connectivity index (χ3v) is 8.67. The van der Waals surface area contributed by atoms with E-state index in [1.165, 1.54) is 86.2 Å². The van der Waals surface area contributed by atoms with Crippen LogP contribution in [0.2, 0.25) is 0 Å². The number of carbonyl (C=O) groups is 2. The average Bonchev–Trinajstić information content (AvgIpc) is 2.87. The molecule has 2 aliphatic rings. The van der Waals surface area contributed by atoms with E-state index < -0.39 is 0 Å². The molecule has 2 amide bonds. The van der Waals surface area contributed by atoms with Crippen LogP contribution in [0.4, 0.5) is 0 Å². The zero-order chi connectivity index (χ0) is 20.3. The van der Waals surface area contributed by atoms with Crippen molar-refractivity contribution in [2.24, 2.45) is 0 Å². The molecule has 1 heterocycles. The lowest BCUT2D eigenvalue weighted by Gasteiger charge is -2.15. The molecular weight excluding hydrogens is 424 g/mol. The molecule has 162 valence electrons. The maximum Gasteiger partial charge on any atom is 0.230 e. The average molecular weight is 457 g/mol. The van der Waals surface area contributed by atoms with E-state index in [2.05, 4.69) is 20.8 Å². The number of nitrogens with zero attached hydrogens (tertiary/aromatic N) is 2. The molecule has 0 aliphatic heterocycles. The van der Waals surface area contributed by atoms with Gasteiger partial charge in [0.05, 0.1) is 11.5 Å². The number of nitrogens with one attached hydrogen (secondary N) is 2. The lowest BCUT2D eigenvalue weighted by Crippen LogP contribution is -2.35. The van der Waals surface area contributed by atoms with Gasteiger partial charge in [-0.15, -0.1) is 10.2 Å². The predicted molar refractivity (Wildman–Crippen MR) is 121 cm³/mol. The van der Waals surface area contributed by atoms with Gasteiger partial charge in [0.1, 0.15) is 0 Å². The van der Waals surface area contributed by atoms with Crippen molar-refractivity contribution in [2.75, 3.05) is 11.5 Å². The van der Waals surface area contributed by atoms with Crippen LogP contribution in [-0.4, -0.2) is 45.6 Å². The minimum Gasteiger partial charge on any atom is -0.353 e. The van der Waals surface area contributed by atoms with Gasteiger partial charge in [-0.1, -0.05) is 86.2 Å². The van der Waals surface area contributed by atoms with Gasteiger partial charge in [-0.25, -0.2) is 0 Å². The Bertz CT molecular complexity index is 587. The zero-order valence-electron chi connectivity index (χ0n) is 17.0. The van der Waals surface area contributed by atoms with Crippen LogP contribution in [0.3, 0.4) is 0 Å². The van der Waals surface area contributed by atoms with E-state index in [0.29, 0.717) is 23.6 Å². The smallest absolute Gasteiger partial charge is 0.230 e. The molecule has 0 bridgehead atoms. The van der Waals surface area contributed by atoms with Gasteiger partial charge in [0.25, 0.3) is 0 Å². The van der Waals surface area contributed by atoms with Crippen molar-refractivity contribution in [2.45, 2.75) is 97.8 Å². The van der Waals surface area contributed by atoms with Crippen molar-refractivity contribution in [1.29, 1.82) is 0 Å². The van der Waals surface area contributed by atoms with E-state index in [0.717, 1.165) is 34.4 Å². The van der Waals surface area contributed by atoms with Gasteiger partial charge in [-0.3, -0.25) is 9.59 Å². The molecule has 2 saturated carbocycles. The van der Waals surface area contributed by atoms with Crippen LogP contribution < -0.4 is 10.6 Å². The van der Waals surface area contributed by atoms with Crippen molar-refractivity contribution in [3.63, 3.8) is 0 Å². The predicted octanol–water partition coefficient (Wildman–Crippen LogP) is 4.40. The van der Waals surface area contributed by atoms with Crippen LogP contribution in [0.25, 0.3) is 0 Å². The minimum absolute atomic E-state index is 0.0779. The third kappa shape index (κ3) is 8.84. The summed E-state index contributed by atoms with van der Waals surface area (Å²) in [5.74, 6) is 0.902. The minimum atomic E-state index is 0.0779. The summed E-state index contributed by atoms with van der Waals surface area (Å²) >= 11 is 4.31. The van der Waals surface area contributed by atoms with Crippen LogP contribution in [0.5, 0.6) is 0 Å². The second kappa shape index (κ2) is 12.8. The lowest BCUT2D eigenvalue weighted by atomic mass is 10.1. The summed E-state index contributed by atoms with van der Waals surface area (Å²) in [6.45, 7) is 0. The van der Waals surface area contributed by atoms with E-state index >= 15 is 0 Å². The number of rotatable bonds is 8. The molecule has 1 aromatic rings. The molecule has 6 nitrogen and oxygen atoms in total. The first-order chi connectivity index (χ1) is 14.2. The van der Waals surface area contributed by atoms with Gasteiger partial charge in [0.2, 0.25) is 11.8 Å². The third-order valence-electron chi connectivity index (χ3n) is 5.48. The molecule has 2 aliphatic carbocycles. The van der Waals surface area contributed by atoms with E-state index in [-0.39, 0.29) is 11.8 Å². The summed E-state index contributed by atoms with van der Waals surface area (Å²) < 4.78 is 1.57. The Balaban J connectivity index is 1.33. The monoisotopic (exact) mass is 456 g/mol. The van der Waals surface area contributed by atoms with Crippen molar-refractivity contribution < 1.29 is 9.59 Å². The Kier molecular flexibility index (Phi) is 10.1. The van der Waals surface area contributed by atoms with Gasteiger partial charge in [-0.2, -0.15) is 0 Å². The molecular formula is C20H32N4O2S3.